The fourth-order valence-electron chi connectivity index (χ4n) is 7.68. The summed E-state index contributed by atoms with van der Waals surface area (Å²) in [6, 6.07) is 6.52. The number of benzene rings is 1. The highest BCUT2D eigenvalue weighted by molar-refractivity contribution is 5.94. The van der Waals surface area contributed by atoms with Crippen molar-refractivity contribution in [2.24, 2.45) is 5.92 Å². The zero-order chi connectivity index (χ0) is 29.4. The first-order valence-corrected chi connectivity index (χ1v) is 15.2. The second kappa shape index (κ2) is 12.1. The molecule has 226 valence electrons. The van der Waals surface area contributed by atoms with E-state index in [1.807, 2.05) is 0 Å². The predicted molar refractivity (Wildman–Crippen MR) is 152 cm³/mol. The monoisotopic (exact) mass is 580 g/mol. The first kappa shape index (κ1) is 29.4. The van der Waals surface area contributed by atoms with E-state index in [-0.39, 0.29) is 48.7 Å². The Balaban J connectivity index is 1.24. The number of amides is 1. The molecule has 4 aliphatic heterocycles. The topological polar surface area (TPSA) is 110 Å². The van der Waals surface area contributed by atoms with Crippen LogP contribution >= 0.6 is 0 Å². The number of piperazine rings is 1. The Bertz CT molecular complexity index is 1260. The van der Waals surface area contributed by atoms with Gasteiger partial charge in [-0.15, -0.1) is 0 Å². The number of hydrogen-bond donors (Lipinski definition) is 2. The molecule has 1 amide bonds. The molecule has 0 aromatic heterocycles. The van der Waals surface area contributed by atoms with Crippen molar-refractivity contribution in [3.8, 4) is 6.07 Å². The number of halogens is 1. The Morgan fingerprint density at radius 1 is 1.26 bits per heavy atom. The molecule has 4 fully saturated rings. The van der Waals surface area contributed by atoms with Crippen LogP contribution in [0, 0.1) is 23.1 Å². The van der Waals surface area contributed by atoms with Crippen molar-refractivity contribution in [2.75, 3.05) is 39.8 Å². The third-order valence-corrected chi connectivity index (χ3v) is 10.1. The summed E-state index contributed by atoms with van der Waals surface area (Å²) in [4.78, 5) is 33.2. The van der Waals surface area contributed by atoms with Gasteiger partial charge in [0, 0.05) is 38.0 Å². The van der Waals surface area contributed by atoms with Crippen molar-refractivity contribution >= 4 is 11.7 Å². The van der Waals surface area contributed by atoms with Crippen molar-refractivity contribution in [1.82, 2.24) is 25.3 Å². The average molecular weight is 581 g/mol. The highest BCUT2D eigenvalue weighted by Gasteiger charge is 2.56. The van der Waals surface area contributed by atoms with Gasteiger partial charge in [0.05, 0.1) is 44.0 Å². The molecule has 0 bridgehead atoms. The van der Waals surface area contributed by atoms with E-state index in [0.717, 1.165) is 36.9 Å². The summed E-state index contributed by atoms with van der Waals surface area (Å²) in [7, 11) is 2.11. The number of nitrogens with one attached hydrogen (secondary N) is 2. The van der Waals surface area contributed by atoms with Gasteiger partial charge in [-0.25, -0.2) is 4.39 Å². The van der Waals surface area contributed by atoms with E-state index >= 15 is 0 Å². The smallest absolute Gasteiger partial charge is 0.246 e. The molecule has 6 rings (SSSR count). The molecule has 1 aromatic rings. The number of carbonyl (C=O) groups is 2. The number of likely N-dealkylation sites (tertiary alicyclic amines) is 1. The van der Waals surface area contributed by atoms with Gasteiger partial charge in [-0.05, 0) is 68.6 Å². The predicted octanol–water partition coefficient (Wildman–Crippen LogP) is 1.51. The molecular weight excluding hydrogens is 539 g/mol. The van der Waals surface area contributed by atoms with Crippen molar-refractivity contribution in [2.45, 2.75) is 81.4 Å². The van der Waals surface area contributed by atoms with Crippen LogP contribution in [0.5, 0.6) is 0 Å². The first-order valence-electron chi connectivity index (χ1n) is 15.2. The normalized spacial score (nSPS) is 35.5. The Morgan fingerprint density at radius 2 is 2.12 bits per heavy atom. The average Bonchev–Trinajstić information content (AvgIpc) is 3.42. The molecule has 1 spiro atoms. The molecule has 1 saturated carbocycles. The van der Waals surface area contributed by atoms with E-state index in [9.17, 15) is 19.2 Å². The summed E-state index contributed by atoms with van der Waals surface area (Å²) in [6.07, 6.45) is 4.74. The van der Waals surface area contributed by atoms with Gasteiger partial charge in [0.25, 0.3) is 0 Å². The summed E-state index contributed by atoms with van der Waals surface area (Å²) in [5, 5.41) is 16.7. The number of nitrogens with zero attached hydrogens (tertiary/aromatic N) is 4. The molecule has 10 nitrogen and oxygen atoms in total. The largest absolute Gasteiger partial charge is 0.362 e. The van der Waals surface area contributed by atoms with Gasteiger partial charge in [0.15, 0.2) is 12.1 Å². The van der Waals surface area contributed by atoms with Gasteiger partial charge in [-0.1, -0.05) is 12.6 Å². The van der Waals surface area contributed by atoms with E-state index in [1.165, 1.54) is 18.2 Å². The molecule has 3 saturated heterocycles. The zero-order valence-electron chi connectivity index (χ0n) is 24.3. The fraction of sp³-hybridized carbons (Fsp3) is 0.645. The highest BCUT2D eigenvalue weighted by Crippen LogP contribution is 2.42. The summed E-state index contributed by atoms with van der Waals surface area (Å²) < 4.78 is 26.5. The van der Waals surface area contributed by atoms with Crippen LogP contribution in [0.1, 0.15) is 43.2 Å². The van der Waals surface area contributed by atoms with Crippen molar-refractivity contribution in [1.29, 1.82) is 5.26 Å². The summed E-state index contributed by atoms with van der Waals surface area (Å²) in [5.74, 6) is -0.512. The molecule has 0 radical (unpaired) electrons. The number of hydrogen-bond acceptors (Lipinski definition) is 9. The van der Waals surface area contributed by atoms with Crippen LogP contribution in [-0.4, -0.2) is 102 Å². The lowest BCUT2D eigenvalue weighted by atomic mass is 9.68. The van der Waals surface area contributed by atoms with Gasteiger partial charge in [0.1, 0.15) is 11.4 Å². The van der Waals surface area contributed by atoms with Gasteiger partial charge >= 0.3 is 0 Å². The third-order valence-electron chi connectivity index (χ3n) is 10.1. The highest BCUT2D eigenvalue weighted by atomic mass is 19.1. The van der Waals surface area contributed by atoms with Crippen LogP contribution < -0.4 is 10.6 Å². The van der Waals surface area contributed by atoms with Crippen LogP contribution in [0.25, 0.3) is 0 Å². The molecule has 6 unspecified atom stereocenters. The Labute approximate surface area is 246 Å². The molecule has 1 aliphatic carbocycles. The summed E-state index contributed by atoms with van der Waals surface area (Å²) in [6.45, 7) is 7.03. The van der Waals surface area contributed by atoms with E-state index in [0.29, 0.717) is 45.1 Å². The molecule has 42 heavy (non-hydrogen) atoms. The number of carbonyl (C=O) groups excluding carboxylic acids is 2. The van der Waals surface area contributed by atoms with Gasteiger partial charge in [-0.2, -0.15) is 5.26 Å². The lowest BCUT2D eigenvalue weighted by molar-refractivity contribution is -0.173. The van der Waals surface area contributed by atoms with Crippen LogP contribution in [0.3, 0.4) is 0 Å². The summed E-state index contributed by atoms with van der Waals surface area (Å²) >= 11 is 0. The first-order chi connectivity index (χ1) is 20.3. The number of likely N-dealkylation sites (N-methyl/N-ethyl adjacent to an activating group) is 1. The van der Waals surface area contributed by atoms with Crippen molar-refractivity contribution in [3.63, 3.8) is 0 Å². The molecule has 5 aliphatic rings. The van der Waals surface area contributed by atoms with Crippen molar-refractivity contribution < 1.29 is 23.5 Å². The quantitative estimate of drug-likeness (QED) is 0.484. The number of nitriles is 1. The molecule has 2 N–H and O–H groups in total. The second-order valence-corrected chi connectivity index (χ2v) is 12.4. The maximum Gasteiger partial charge on any atom is 0.246 e. The number of fused-ring (bicyclic) bond motifs is 2. The minimum Gasteiger partial charge on any atom is -0.362 e. The molecular formula is C31H41FN6O4. The van der Waals surface area contributed by atoms with E-state index in [2.05, 4.69) is 40.1 Å². The zero-order valence-corrected chi connectivity index (χ0v) is 24.3. The van der Waals surface area contributed by atoms with E-state index in [4.69, 9.17) is 9.47 Å². The lowest BCUT2D eigenvalue weighted by Crippen LogP contribution is -2.75. The Kier molecular flexibility index (Phi) is 8.46. The number of ketones is 1. The van der Waals surface area contributed by atoms with Crippen LogP contribution in [0.4, 0.5) is 4.39 Å². The molecule has 7 atom stereocenters. The van der Waals surface area contributed by atoms with Crippen LogP contribution in [0.2, 0.25) is 0 Å². The Hall–Kier alpha value is -2.72. The molecule has 1 aromatic carbocycles. The number of ether oxygens (including phenoxy) is 2. The van der Waals surface area contributed by atoms with Gasteiger partial charge < -0.3 is 19.3 Å². The third kappa shape index (κ3) is 5.52. The standard InChI is InChI=1S/C31H41FN6O4/c1-3-26(39)38-14-13-37(17-23(38)9-11-33)29-25-8-10-31(16-20-6-7-22(32)15-21(20)18-42-31)28(40)27(25)34-30(35-29)41-19-24-5-4-12-36(24)2/h3,6-7,15,23-25,27,29-30,34-35H,1,4-5,8-10,12-14,16-19H2,2H3/t23?,24?,25?,27?,29?,30?,31-/m0/s1. The number of Topliss-reactive ketones (excluding diaryl/α,β-unsaturated/α-hetero) is 1. The molecule has 4 heterocycles. The van der Waals surface area contributed by atoms with E-state index < -0.39 is 18.0 Å². The molecule has 11 heteroatoms. The van der Waals surface area contributed by atoms with Gasteiger partial charge in [-0.3, -0.25) is 25.1 Å². The lowest BCUT2D eigenvalue weighted by Gasteiger charge is -2.55. The fourth-order valence-corrected chi connectivity index (χ4v) is 7.68. The van der Waals surface area contributed by atoms with Crippen LogP contribution in [-0.2, 0) is 32.1 Å². The van der Waals surface area contributed by atoms with E-state index in [1.54, 1.807) is 11.0 Å². The minimum atomic E-state index is -0.963. The maximum atomic E-state index is 14.4. The van der Waals surface area contributed by atoms with Crippen LogP contribution in [0.15, 0.2) is 30.9 Å². The Morgan fingerprint density at radius 3 is 2.88 bits per heavy atom. The maximum absolute atomic E-state index is 14.4. The SMILES string of the molecule is C=CC(=O)N1CCN(C2NC(OCC3CCCN3C)NC3C(=O)[C@]4(CCC32)Cc2ccc(F)cc2CO4)CC1CC#N. The number of rotatable bonds is 6. The summed E-state index contributed by atoms with van der Waals surface area (Å²) in [5.41, 5.74) is 0.790. The van der Waals surface area contributed by atoms with Gasteiger partial charge in [0.2, 0.25) is 5.91 Å². The second-order valence-electron chi connectivity index (χ2n) is 12.4. The minimum absolute atomic E-state index is 0.0147. The van der Waals surface area contributed by atoms with Crippen molar-refractivity contribution in [3.05, 3.63) is 47.8 Å².